The van der Waals surface area contributed by atoms with Gasteiger partial charge in [-0.3, -0.25) is 19.2 Å². The molecule has 3 amide bonds. The average molecular weight is 389 g/mol. The van der Waals surface area contributed by atoms with Crippen LogP contribution in [0.4, 0.5) is 11.4 Å². The molecule has 4 aliphatic heterocycles. The van der Waals surface area contributed by atoms with E-state index in [4.69, 9.17) is 4.84 Å². The normalized spacial score (nSPS) is 33.0. The van der Waals surface area contributed by atoms with E-state index in [1.54, 1.807) is 41.3 Å². The number of nitrogens with zero attached hydrogens (tertiary/aromatic N) is 3. The first-order valence-electron chi connectivity index (χ1n) is 9.77. The maximum Gasteiger partial charge on any atom is 0.265 e. The topological polar surface area (TPSA) is 70.2 Å². The summed E-state index contributed by atoms with van der Waals surface area (Å²) in [6.45, 7) is 0.358. The van der Waals surface area contributed by atoms with Gasteiger partial charge in [0.1, 0.15) is 0 Å². The SMILES string of the molecule is CN1C(=O)C2(CC3C4C(=O)N(c5ccccc5)C(=O)C4ON3C2)c2ccccc21. The molecule has 2 aromatic rings. The number of likely N-dealkylation sites (N-methyl/N-ethyl adjacent to an activating group) is 1. The van der Waals surface area contributed by atoms with Crippen LogP contribution in [0.15, 0.2) is 54.6 Å². The van der Waals surface area contributed by atoms with E-state index in [2.05, 4.69) is 0 Å². The van der Waals surface area contributed by atoms with Crippen LogP contribution in [0.25, 0.3) is 0 Å². The summed E-state index contributed by atoms with van der Waals surface area (Å²) in [7, 11) is 1.78. The van der Waals surface area contributed by atoms with Gasteiger partial charge >= 0.3 is 0 Å². The highest BCUT2D eigenvalue weighted by Crippen LogP contribution is 2.53. The lowest BCUT2D eigenvalue weighted by atomic mass is 9.77. The number of carbonyl (C=O) groups is 3. The molecule has 0 radical (unpaired) electrons. The lowest BCUT2D eigenvalue weighted by Gasteiger charge is -2.23. The molecule has 0 aromatic heterocycles. The molecule has 1 spiro atoms. The Balaban J connectivity index is 1.37. The summed E-state index contributed by atoms with van der Waals surface area (Å²) < 4.78 is 0. The van der Waals surface area contributed by atoms with Crippen LogP contribution in [0.3, 0.4) is 0 Å². The number of amides is 3. The third-order valence-electron chi connectivity index (χ3n) is 6.82. The standard InChI is InChI=1S/C22H19N3O4/c1-23-15-10-6-5-9-14(15)22(21(23)28)11-16-17-18(29-24(16)12-22)20(27)25(19(17)26)13-7-3-2-4-8-13/h2-10,16-18H,11-12H2,1H3. The zero-order valence-electron chi connectivity index (χ0n) is 15.8. The van der Waals surface area contributed by atoms with Crippen LogP contribution in [0.5, 0.6) is 0 Å². The van der Waals surface area contributed by atoms with E-state index in [1.165, 1.54) is 4.90 Å². The number of hydrogen-bond donors (Lipinski definition) is 0. The van der Waals surface area contributed by atoms with Crippen LogP contribution in [-0.2, 0) is 24.6 Å². The number of carbonyl (C=O) groups excluding carboxylic acids is 3. The molecule has 4 unspecified atom stereocenters. The molecule has 146 valence electrons. The average Bonchev–Trinajstić information content (AvgIpc) is 3.40. The molecule has 6 rings (SSSR count). The van der Waals surface area contributed by atoms with Crippen molar-refractivity contribution in [3.8, 4) is 0 Å². The van der Waals surface area contributed by atoms with Crippen LogP contribution < -0.4 is 9.80 Å². The van der Waals surface area contributed by atoms with Crippen molar-refractivity contribution in [2.24, 2.45) is 5.92 Å². The van der Waals surface area contributed by atoms with Gasteiger partial charge in [0.15, 0.2) is 6.10 Å². The molecule has 0 bridgehead atoms. The highest BCUT2D eigenvalue weighted by Gasteiger charge is 2.67. The molecule has 0 aliphatic carbocycles. The third-order valence-corrected chi connectivity index (χ3v) is 6.82. The second kappa shape index (κ2) is 5.52. The van der Waals surface area contributed by atoms with E-state index in [-0.39, 0.29) is 23.8 Å². The van der Waals surface area contributed by atoms with Crippen molar-refractivity contribution in [2.75, 3.05) is 23.4 Å². The monoisotopic (exact) mass is 389 g/mol. The van der Waals surface area contributed by atoms with Crippen molar-refractivity contribution in [3.63, 3.8) is 0 Å². The summed E-state index contributed by atoms with van der Waals surface area (Å²) in [6.07, 6.45) is -0.342. The fraction of sp³-hybridized carbons (Fsp3) is 0.318. The van der Waals surface area contributed by atoms with Crippen LogP contribution in [-0.4, -0.2) is 48.5 Å². The molecule has 7 heteroatoms. The summed E-state index contributed by atoms with van der Waals surface area (Å²) >= 11 is 0. The van der Waals surface area contributed by atoms with Crippen LogP contribution >= 0.6 is 0 Å². The number of hydroxylamine groups is 2. The van der Waals surface area contributed by atoms with Gasteiger partial charge in [-0.05, 0) is 30.2 Å². The molecule has 3 fully saturated rings. The van der Waals surface area contributed by atoms with E-state index < -0.39 is 17.4 Å². The summed E-state index contributed by atoms with van der Waals surface area (Å²) in [5, 5.41) is 1.71. The number of fused-ring (bicyclic) bond motifs is 5. The second-order valence-corrected chi connectivity index (χ2v) is 8.21. The minimum atomic E-state index is -0.811. The molecule has 29 heavy (non-hydrogen) atoms. The number of anilines is 2. The molecule has 0 saturated carbocycles. The van der Waals surface area contributed by atoms with Gasteiger partial charge in [-0.15, -0.1) is 0 Å². The molecule has 7 nitrogen and oxygen atoms in total. The highest BCUT2D eigenvalue weighted by atomic mass is 16.7. The molecule has 3 saturated heterocycles. The van der Waals surface area contributed by atoms with E-state index in [0.29, 0.717) is 18.7 Å². The largest absolute Gasteiger partial charge is 0.314 e. The number of hydrogen-bond acceptors (Lipinski definition) is 5. The molecule has 4 heterocycles. The van der Waals surface area contributed by atoms with Gasteiger partial charge in [0, 0.05) is 19.3 Å². The Morgan fingerprint density at radius 2 is 1.69 bits per heavy atom. The fourth-order valence-electron chi connectivity index (χ4n) is 5.52. The summed E-state index contributed by atoms with van der Waals surface area (Å²) in [5.41, 5.74) is 1.69. The van der Waals surface area contributed by atoms with Crippen molar-refractivity contribution in [1.29, 1.82) is 0 Å². The van der Waals surface area contributed by atoms with Gasteiger partial charge < -0.3 is 4.90 Å². The van der Waals surface area contributed by atoms with Gasteiger partial charge in [-0.1, -0.05) is 36.4 Å². The summed E-state index contributed by atoms with van der Waals surface area (Å²) in [4.78, 5) is 48.3. The van der Waals surface area contributed by atoms with Crippen LogP contribution in [0.2, 0.25) is 0 Å². The lowest BCUT2D eigenvalue weighted by molar-refractivity contribution is -0.165. The molecule has 0 N–H and O–H groups in total. The van der Waals surface area contributed by atoms with Crippen LogP contribution in [0, 0.1) is 5.92 Å². The second-order valence-electron chi connectivity index (χ2n) is 8.21. The minimum Gasteiger partial charge on any atom is -0.314 e. The molecule has 4 atom stereocenters. The molecular weight excluding hydrogens is 370 g/mol. The first kappa shape index (κ1) is 16.9. The number of imide groups is 1. The van der Waals surface area contributed by atoms with Gasteiger partial charge in [0.2, 0.25) is 11.8 Å². The van der Waals surface area contributed by atoms with E-state index in [0.717, 1.165) is 11.3 Å². The Morgan fingerprint density at radius 3 is 2.48 bits per heavy atom. The Morgan fingerprint density at radius 1 is 0.966 bits per heavy atom. The number of para-hydroxylation sites is 2. The zero-order valence-corrected chi connectivity index (χ0v) is 15.8. The number of rotatable bonds is 1. The maximum absolute atomic E-state index is 13.2. The minimum absolute atomic E-state index is 0.0185. The van der Waals surface area contributed by atoms with Crippen molar-refractivity contribution in [2.45, 2.75) is 24.0 Å². The quantitative estimate of drug-likeness (QED) is 0.691. The van der Waals surface area contributed by atoms with Gasteiger partial charge in [0.25, 0.3) is 5.91 Å². The van der Waals surface area contributed by atoms with Gasteiger partial charge in [-0.25, -0.2) is 4.90 Å². The highest BCUT2D eigenvalue weighted by molar-refractivity contribution is 6.23. The first-order valence-corrected chi connectivity index (χ1v) is 9.77. The lowest BCUT2D eigenvalue weighted by Crippen LogP contribution is -2.42. The zero-order chi connectivity index (χ0) is 19.9. The van der Waals surface area contributed by atoms with Crippen LogP contribution in [0.1, 0.15) is 12.0 Å². The Bertz CT molecular complexity index is 1070. The Labute approximate surface area is 167 Å². The van der Waals surface area contributed by atoms with Crippen molar-refractivity contribution < 1.29 is 19.2 Å². The fourth-order valence-corrected chi connectivity index (χ4v) is 5.52. The summed E-state index contributed by atoms with van der Waals surface area (Å²) in [6, 6.07) is 16.4. The number of benzene rings is 2. The van der Waals surface area contributed by atoms with Gasteiger partial charge in [-0.2, -0.15) is 5.06 Å². The molecular formula is C22H19N3O4. The van der Waals surface area contributed by atoms with E-state index >= 15 is 0 Å². The summed E-state index contributed by atoms with van der Waals surface area (Å²) in [5.74, 6) is -1.15. The third kappa shape index (κ3) is 1.96. The maximum atomic E-state index is 13.2. The first-order chi connectivity index (χ1) is 14.0. The molecule has 2 aromatic carbocycles. The van der Waals surface area contributed by atoms with Gasteiger partial charge in [0.05, 0.1) is 23.1 Å². The van der Waals surface area contributed by atoms with E-state index in [9.17, 15) is 14.4 Å². The molecule has 4 aliphatic rings. The van der Waals surface area contributed by atoms with Crippen molar-refractivity contribution >= 4 is 29.1 Å². The Kier molecular flexibility index (Phi) is 3.21. The predicted octanol–water partition coefficient (Wildman–Crippen LogP) is 1.48. The van der Waals surface area contributed by atoms with E-state index in [1.807, 2.05) is 30.3 Å². The van der Waals surface area contributed by atoms with Crippen molar-refractivity contribution in [1.82, 2.24) is 5.06 Å². The Hall–Kier alpha value is -3.03. The predicted molar refractivity (Wildman–Crippen MR) is 104 cm³/mol. The van der Waals surface area contributed by atoms with Crippen molar-refractivity contribution in [3.05, 3.63) is 60.2 Å². The smallest absolute Gasteiger partial charge is 0.265 e.